The van der Waals surface area contributed by atoms with Crippen molar-refractivity contribution in [2.75, 3.05) is 11.9 Å². The van der Waals surface area contributed by atoms with E-state index in [1.165, 1.54) is 19.3 Å². The lowest BCUT2D eigenvalue weighted by Crippen LogP contribution is -2.43. The number of hydrogen-bond acceptors (Lipinski definition) is 1. The van der Waals surface area contributed by atoms with E-state index in [4.69, 9.17) is 11.6 Å². The normalized spacial score (nSPS) is 16.1. The van der Waals surface area contributed by atoms with Crippen LogP contribution in [0, 0.1) is 0 Å². The lowest BCUT2D eigenvalue weighted by Gasteiger charge is -2.33. The lowest BCUT2D eigenvalue weighted by atomic mass is 9.94. The van der Waals surface area contributed by atoms with Crippen molar-refractivity contribution in [1.29, 1.82) is 0 Å². The van der Waals surface area contributed by atoms with Crippen molar-refractivity contribution in [3.63, 3.8) is 0 Å². The second kappa shape index (κ2) is 6.80. The Bertz CT molecular complexity index is 413. The molecule has 1 aromatic rings. The van der Waals surface area contributed by atoms with Crippen LogP contribution >= 0.6 is 11.6 Å². The molecule has 2 rings (SSSR count). The van der Waals surface area contributed by atoms with Crippen LogP contribution in [0.4, 0.5) is 10.5 Å². The second-order valence-corrected chi connectivity index (χ2v) is 5.45. The van der Waals surface area contributed by atoms with Crippen LogP contribution in [0.5, 0.6) is 0 Å². The van der Waals surface area contributed by atoms with Crippen LogP contribution in [0.15, 0.2) is 24.3 Å². The number of amides is 2. The molecule has 1 aromatic carbocycles. The highest BCUT2D eigenvalue weighted by Crippen LogP contribution is 2.23. The molecule has 0 bridgehead atoms. The highest BCUT2D eigenvalue weighted by Gasteiger charge is 2.23. The zero-order valence-corrected chi connectivity index (χ0v) is 12.1. The Kier molecular flexibility index (Phi) is 5.08. The molecule has 0 aromatic heterocycles. The largest absolute Gasteiger partial charge is 0.322 e. The number of carbonyl (C=O) groups excluding carboxylic acids is 1. The molecule has 1 N–H and O–H groups in total. The first kappa shape index (κ1) is 14.2. The number of urea groups is 1. The number of rotatable bonds is 3. The van der Waals surface area contributed by atoms with Gasteiger partial charge in [-0.3, -0.25) is 0 Å². The summed E-state index contributed by atoms with van der Waals surface area (Å²) in [5.74, 6) is 0. The van der Waals surface area contributed by atoms with E-state index in [9.17, 15) is 4.79 Å². The molecule has 0 saturated heterocycles. The topological polar surface area (TPSA) is 32.3 Å². The van der Waals surface area contributed by atoms with Crippen molar-refractivity contribution in [2.45, 2.75) is 45.1 Å². The number of halogens is 1. The van der Waals surface area contributed by atoms with E-state index in [1.54, 1.807) is 12.1 Å². The molecule has 0 atom stereocenters. The van der Waals surface area contributed by atoms with Crippen molar-refractivity contribution < 1.29 is 4.79 Å². The van der Waals surface area contributed by atoms with E-state index in [2.05, 4.69) is 5.32 Å². The molecule has 0 aliphatic heterocycles. The monoisotopic (exact) mass is 280 g/mol. The van der Waals surface area contributed by atoms with Gasteiger partial charge in [-0.1, -0.05) is 30.9 Å². The van der Waals surface area contributed by atoms with Crippen LogP contribution in [-0.4, -0.2) is 23.5 Å². The van der Waals surface area contributed by atoms with Crippen LogP contribution in [-0.2, 0) is 0 Å². The van der Waals surface area contributed by atoms with E-state index >= 15 is 0 Å². The van der Waals surface area contributed by atoms with Gasteiger partial charge >= 0.3 is 6.03 Å². The van der Waals surface area contributed by atoms with Gasteiger partial charge in [0.2, 0.25) is 0 Å². The van der Waals surface area contributed by atoms with Crippen LogP contribution < -0.4 is 5.32 Å². The predicted octanol–water partition coefficient (Wildman–Crippen LogP) is 4.53. The molecule has 19 heavy (non-hydrogen) atoms. The molecular weight excluding hydrogens is 260 g/mol. The Balaban J connectivity index is 1.97. The van der Waals surface area contributed by atoms with Gasteiger partial charge in [-0.2, -0.15) is 0 Å². The van der Waals surface area contributed by atoms with Crippen molar-refractivity contribution in [3.8, 4) is 0 Å². The van der Waals surface area contributed by atoms with Crippen LogP contribution in [0.1, 0.15) is 39.0 Å². The molecule has 104 valence electrons. The maximum atomic E-state index is 12.3. The van der Waals surface area contributed by atoms with Gasteiger partial charge in [0.1, 0.15) is 0 Å². The molecule has 0 spiro atoms. The van der Waals surface area contributed by atoms with Gasteiger partial charge in [0, 0.05) is 23.3 Å². The molecule has 3 nitrogen and oxygen atoms in total. The van der Waals surface area contributed by atoms with E-state index in [1.807, 2.05) is 24.0 Å². The summed E-state index contributed by atoms with van der Waals surface area (Å²) in [6.07, 6.45) is 6.02. The third-order valence-electron chi connectivity index (χ3n) is 3.71. The SMILES string of the molecule is CCN(C(=O)Nc1ccc(Cl)cc1)C1CCCCC1. The summed E-state index contributed by atoms with van der Waals surface area (Å²) in [4.78, 5) is 14.3. The molecule has 0 unspecified atom stereocenters. The summed E-state index contributed by atoms with van der Waals surface area (Å²) in [6.45, 7) is 2.79. The number of nitrogens with one attached hydrogen (secondary N) is 1. The van der Waals surface area contributed by atoms with Gasteiger partial charge in [0.05, 0.1) is 0 Å². The average molecular weight is 281 g/mol. The Morgan fingerprint density at radius 2 is 1.89 bits per heavy atom. The Hall–Kier alpha value is -1.22. The Morgan fingerprint density at radius 3 is 2.47 bits per heavy atom. The summed E-state index contributed by atoms with van der Waals surface area (Å²) < 4.78 is 0. The first-order chi connectivity index (χ1) is 9.20. The minimum absolute atomic E-state index is 0.00303. The lowest BCUT2D eigenvalue weighted by molar-refractivity contribution is 0.172. The first-order valence-electron chi connectivity index (χ1n) is 7.04. The van der Waals surface area contributed by atoms with Gasteiger partial charge in [0.25, 0.3) is 0 Å². The van der Waals surface area contributed by atoms with E-state index < -0.39 is 0 Å². The minimum Gasteiger partial charge on any atom is -0.322 e. The smallest absolute Gasteiger partial charge is 0.322 e. The summed E-state index contributed by atoms with van der Waals surface area (Å²) in [5.41, 5.74) is 0.795. The van der Waals surface area contributed by atoms with Crippen molar-refractivity contribution in [1.82, 2.24) is 4.90 Å². The van der Waals surface area contributed by atoms with Gasteiger partial charge in [-0.25, -0.2) is 4.79 Å². The first-order valence-corrected chi connectivity index (χ1v) is 7.41. The zero-order chi connectivity index (χ0) is 13.7. The molecule has 4 heteroatoms. The summed E-state index contributed by atoms with van der Waals surface area (Å²) >= 11 is 5.84. The van der Waals surface area contributed by atoms with Crippen LogP contribution in [0.3, 0.4) is 0 Å². The summed E-state index contributed by atoms with van der Waals surface area (Å²) in [5, 5.41) is 3.62. The summed E-state index contributed by atoms with van der Waals surface area (Å²) in [6, 6.07) is 7.62. The molecule has 2 amide bonds. The molecule has 0 heterocycles. The van der Waals surface area contributed by atoms with Gasteiger partial charge in [0.15, 0.2) is 0 Å². The van der Waals surface area contributed by atoms with Gasteiger partial charge in [-0.05, 0) is 44.0 Å². The van der Waals surface area contributed by atoms with Gasteiger partial charge < -0.3 is 10.2 Å². The molecule has 1 fully saturated rings. The number of anilines is 1. The van der Waals surface area contributed by atoms with Crippen LogP contribution in [0.2, 0.25) is 5.02 Å². The minimum atomic E-state index is -0.00303. The van der Waals surface area contributed by atoms with E-state index in [0.717, 1.165) is 25.1 Å². The zero-order valence-electron chi connectivity index (χ0n) is 11.4. The number of carbonyl (C=O) groups is 1. The maximum Gasteiger partial charge on any atom is 0.322 e. The standard InChI is InChI=1S/C15H21ClN2O/c1-2-18(14-6-4-3-5-7-14)15(19)17-13-10-8-12(16)9-11-13/h8-11,14H,2-7H2,1H3,(H,17,19). The van der Waals surface area contributed by atoms with E-state index in [0.29, 0.717) is 11.1 Å². The molecular formula is C15H21ClN2O. The number of nitrogens with zero attached hydrogens (tertiary/aromatic N) is 1. The van der Waals surface area contributed by atoms with Crippen molar-refractivity contribution in [2.24, 2.45) is 0 Å². The second-order valence-electron chi connectivity index (χ2n) is 5.01. The van der Waals surface area contributed by atoms with Crippen LogP contribution in [0.25, 0.3) is 0 Å². The number of benzene rings is 1. The molecule has 1 aliphatic carbocycles. The summed E-state index contributed by atoms with van der Waals surface area (Å²) in [7, 11) is 0. The van der Waals surface area contributed by atoms with Crippen molar-refractivity contribution in [3.05, 3.63) is 29.3 Å². The fourth-order valence-corrected chi connectivity index (χ4v) is 2.81. The number of hydrogen-bond donors (Lipinski definition) is 1. The third-order valence-corrected chi connectivity index (χ3v) is 3.96. The average Bonchev–Trinajstić information content (AvgIpc) is 2.43. The molecule has 1 aliphatic rings. The third kappa shape index (κ3) is 3.87. The highest BCUT2D eigenvalue weighted by atomic mass is 35.5. The van der Waals surface area contributed by atoms with Gasteiger partial charge in [-0.15, -0.1) is 0 Å². The maximum absolute atomic E-state index is 12.3. The predicted molar refractivity (Wildman–Crippen MR) is 79.7 cm³/mol. The fraction of sp³-hybridized carbons (Fsp3) is 0.533. The van der Waals surface area contributed by atoms with Crippen molar-refractivity contribution >= 4 is 23.3 Å². The molecule has 1 saturated carbocycles. The quantitative estimate of drug-likeness (QED) is 0.867. The Labute approximate surface area is 119 Å². The molecule has 0 radical (unpaired) electrons. The highest BCUT2D eigenvalue weighted by molar-refractivity contribution is 6.30. The fourth-order valence-electron chi connectivity index (χ4n) is 2.69. The Morgan fingerprint density at radius 1 is 1.26 bits per heavy atom. The van der Waals surface area contributed by atoms with E-state index in [-0.39, 0.29) is 6.03 Å².